The van der Waals surface area contributed by atoms with Gasteiger partial charge >= 0.3 is 11.8 Å². The first-order valence-corrected chi connectivity index (χ1v) is 9.62. The third-order valence-corrected chi connectivity index (χ3v) is 4.22. The molecule has 1 saturated heterocycles. The van der Waals surface area contributed by atoms with E-state index in [9.17, 15) is 14.4 Å². The van der Waals surface area contributed by atoms with E-state index < -0.39 is 18.1 Å². The van der Waals surface area contributed by atoms with Gasteiger partial charge in [0.1, 0.15) is 5.82 Å². The maximum atomic E-state index is 12.2. The average molecular weight is 394 g/mol. The van der Waals surface area contributed by atoms with Gasteiger partial charge in [0.25, 0.3) is 0 Å². The van der Waals surface area contributed by atoms with E-state index in [-0.39, 0.29) is 18.1 Å². The van der Waals surface area contributed by atoms with Gasteiger partial charge in [0.2, 0.25) is 5.91 Å². The molecule has 1 aromatic rings. The smallest absolute Gasteiger partial charge is 0.314 e. The first kappa shape index (κ1) is 21.8. The number of ether oxygens (including phenoxy) is 1. The van der Waals surface area contributed by atoms with Gasteiger partial charge in [-0.15, -0.1) is 0 Å². The molecule has 10 nitrogen and oxygen atoms in total. The zero-order valence-corrected chi connectivity index (χ0v) is 16.9. The minimum Gasteiger partial charge on any atom is -0.379 e. The van der Waals surface area contributed by atoms with E-state index in [0.717, 1.165) is 6.42 Å². The molecule has 0 saturated carbocycles. The van der Waals surface area contributed by atoms with Crippen LogP contribution >= 0.6 is 0 Å². The summed E-state index contributed by atoms with van der Waals surface area (Å²) in [7, 11) is 0. The summed E-state index contributed by atoms with van der Waals surface area (Å²) in [5.74, 6) is -1.29. The molecule has 4 N–H and O–H groups in total. The summed E-state index contributed by atoms with van der Waals surface area (Å²) in [6.07, 6.45) is 1.33. The van der Waals surface area contributed by atoms with E-state index in [0.29, 0.717) is 37.5 Å². The van der Waals surface area contributed by atoms with Crippen LogP contribution in [0, 0.1) is 6.92 Å². The third kappa shape index (κ3) is 6.31. The van der Waals surface area contributed by atoms with Crippen molar-refractivity contribution in [1.82, 2.24) is 25.7 Å². The lowest BCUT2D eigenvalue weighted by atomic mass is 10.1. The summed E-state index contributed by atoms with van der Waals surface area (Å²) < 4.78 is 6.86. The van der Waals surface area contributed by atoms with Crippen molar-refractivity contribution in [2.45, 2.75) is 65.4 Å². The van der Waals surface area contributed by atoms with Gasteiger partial charge in [-0.05, 0) is 33.6 Å². The van der Waals surface area contributed by atoms with E-state index in [1.54, 1.807) is 13.0 Å². The molecule has 2 heterocycles. The third-order valence-electron chi connectivity index (χ3n) is 4.22. The van der Waals surface area contributed by atoms with Crippen LogP contribution in [0.5, 0.6) is 0 Å². The number of carbonyl (C=O) groups excluding carboxylic acids is 3. The van der Waals surface area contributed by atoms with Crippen molar-refractivity contribution < 1.29 is 19.1 Å². The predicted molar refractivity (Wildman–Crippen MR) is 103 cm³/mol. The van der Waals surface area contributed by atoms with Crippen LogP contribution in [-0.2, 0) is 19.1 Å². The highest BCUT2D eigenvalue weighted by atomic mass is 16.5. The molecule has 3 amide bonds. The van der Waals surface area contributed by atoms with Gasteiger partial charge in [-0.2, -0.15) is 5.10 Å². The number of hydrogen-bond acceptors (Lipinski definition) is 6. The summed E-state index contributed by atoms with van der Waals surface area (Å²) >= 11 is 0. The zero-order valence-electron chi connectivity index (χ0n) is 16.9. The number of anilines is 1. The van der Waals surface area contributed by atoms with E-state index in [4.69, 9.17) is 4.74 Å². The second kappa shape index (κ2) is 10.2. The fourth-order valence-corrected chi connectivity index (χ4v) is 2.81. The molecular formula is C18H30N6O4. The Kier molecular flexibility index (Phi) is 7.94. The predicted octanol–water partition coefficient (Wildman–Crippen LogP) is 0.406. The minimum atomic E-state index is -0.792. The Labute approximate surface area is 164 Å². The van der Waals surface area contributed by atoms with Gasteiger partial charge in [-0.3, -0.25) is 19.7 Å². The summed E-state index contributed by atoms with van der Waals surface area (Å²) in [6, 6.07) is 1.66. The molecule has 1 aliphatic rings. The molecule has 0 bridgehead atoms. The highest BCUT2D eigenvalue weighted by Gasteiger charge is 2.28. The second-order valence-electron chi connectivity index (χ2n) is 7.04. The molecule has 2 atom stereocenters. The summed E-state index contributed by atoms with van der Waals surface area (Å²) in [5.41, 5.74) is 0.649. The topological polar surface area (TPSA) is 126 Å². The van der Waals surface area contributed by atoms with Crippen molar-refractivity contribution in [3.8, 4) is 0 Å². The van der Waals surface area contributed by atoms with Crippen molar-refractivity contribution in [2.75, 3.05) is 18.5 Å². The standard InChI is InChI=1S/C18H30N6O4/c1-5-13-10-15(25)22-18(20-13)24-14(9-12(4)23-24)21-17(27)16(26)19-7-6-8-28-11(2)3/h9,11,13,18,20H,5-8,10H2,1-4H3,(H,19,26)(H,21,27)(H,22,25). The van der Waals surface area contributed by atoms with E-state index in [2.05, 4.69) is 26.4 Å². The Bertz CT molecular complexity index is 702. The molecule has 2 rings (SSSR count). The van der Waals surface area contributed by atoms with Gasteiger partial charge in [-0.25, -0.2) is 4.68 Å². The van der Waals surface area contributed by atoms with Crippen molar-refractivity contribution in [2.24, 2.45) is 0 Å². The van der Waals surface area contributed by atoms with Crippen molar-refractivity contribution in [3.05, 3.63) is 11.8 Å². The Hall–Kier alpha value is -2.46. The lowest BCUT2D eigenvalue weighted by molar-refractivity contribution is -0.136. The summed E-state index contributed by atoms with van der Waals surface area (Å²) in [5, 5.41) is 15.5. The Morgan fingerprint density at radius 1 is 1.39 bits per heavy atom. The van der Waals surface area contributed by atoms with Crippen LogP contribution < -0.4 is 21.3 Å². The van der Waals surface area contributed by atoms with Crippen LogP contribution in [0.2, 0.25) is 0 Å². The largest absolute Gasteiger partial charge is 0.379 e. The SMILES string of the molecule is CCC1CC(=O)NC(n2nc(C)cc2NC(=O)C(=O)NCCCOC(C)C)N1. The molecule has 0 aromatic carbocycles. The second-order valence-corrected chi connectivity index (χ2v) is 7.04. The maximum Gasteiger partial charge on any atom is 0.314 e. The van der Waals surface area contributed by atoms with Gasteiger partial charge in [-0.1, -0.05) is 6.92 Å². The molecule has 1 aromatic heterocycles. The van der Waals surface area contributed by atoms with Crippen molar-refractivity contribution in [3.63, 3.8) is 0 Å². The van der Waals surface area contributed by atoms with Gasteiger partial charge in [0, 0.05) is 31.7 Å². The van der Waals surface area contributed by atoms with Crippen molar-refractivity contribution in [1.29, 1.82) is 0 Å². The number of amides is 3. The molecule has 2 unspecified atom stereocenters. The first-order chi connectivity index (χ1) is 13.3. The van der Waals surface area contributed by atoms with Crippen LogP contribution in [0.25, 0.3) is 0 Å². The van der Waals surface area contributed by atoms with Gasteiger partial charge < -0.3 is 20.7 Å². The average Bonchev–Trinajstić information content (AvgIpc) is 3.00. The molecule has 28 heavy (non-hydrogen) atoms. The molecule has 0 spiro atoms. The van der Waals surface area contributed by atoms with Gasteiger partial charge in [0.05, 0.1) is 11.8 Å². The highest BCUT2D eigenvalue weighted by molar-refractivity contribution is 6.39. The van der Waals surface area contributed by atoms with Crippen molar-refractivity contribution >= 4 is 23.5 Å². The fourth-order valence-electron chi connectivity index (χ4n) is 2.81. The van der Waals surface area contributed by atoms with Crippen LogP contribution in [0.4, 0.5) is 5.82 Å². The lowest BCUT2D eigenvalue weighted by Gasteiger charge is -2.31. The molecular weight excluding hydrogens is 364 g/mol. The molecule has 156 valence electrons. The van der Waals surface area contributed by atoms with Crippen LogP contribution in [0.15, 0.2) is 6.07 Å². The van der Waals surface area contributed by atoms with Crippen LogP contribution in [0.3, 0.4) is 0 Å². The maximum absolute atomic E-state index is 12.2. The molecule has 1 aliphatic heterocycles. The van der Waals surface area contributed by atoms with E-state index >= 15 is 0 Å². The fraction of sp³-hybridized carbons (Fsp3) is 0.667. The van der Waals surface area contributed by atoms with E-state index in [1.807, 2.05) is 20.8 Å². The number of nitrogens with one attached hydrogen (secondary N) is 4. The first-order valence-electron chi connectivity index (χ1n) is 9.62. The molecule has 0 aliphatic carbocycles. The van der Waals surface area contributed by atoms with E-state index in [1.165, 1.54) is 4.68 Å². The number of aromatic nitrogens is 2. The van der Waals surface area contributed by atoms with Gasteiger partial charge in [0.15, 0.2) is 6.29 Å². The quantitative estimate of drug-likeness (QED) is 0.374. The number of hydrogen-bond donors (Lipinski definition) is 4. The molecule has 0 radical (unpaired) electrons. The number of carbonyl (C=O) groups is 3. The number of rotatable bonds is 8. The zero-order chi connectivity index (χ0) is 20.7. The number of nitrogens with zero attached hydrogens (tertiary/aromatic N) is 2. The normalized spacial score (nSPS) is 19.4. The Morgan fingerprint density at radius 3 is 2.82 bits per heavy atom. The Morgan fingerprint density at radius 2 is 2.14 bits per heavy atom. The summed E-state index contributed by atoms with van der Waals surface area (Å²) in [6.45, 7) is 8.48. The number of aryl methyl sites for hydroxylation is 1. The van der Waals surface area contributed by atoms with Crippen LogP contribution in [0.1, 0.15) is 52.0 Å². The molecule has 1 fully saturated rings. The minimum absolute atomic E-state index is 0.0168. The monoisotopic (exact) mass is 394 g/mol. The summed E-state index contributed by atoms with van der Waals surface area (Å²) in [4.78, 5) is 36.1. The molecule has 10 heteroatoms. The highest BCUT2D eigenvalue weighted by Crippen LogP contribution is 2.18. The van der Waals surface area contributed by atoms with Crippen LogP contribution in [-0.4, -0.2) is 52.8 Å². The Balaban J connectivity index is 1.94. The lowest BCUT2D eigenvalue weighted by Crippen LogP contribution is -2.53.